The van der Waals surface area contributed by atoms with E-state index in [4.69, 9.17) is 4.98 Å². The third-order valence-electron chi connectivity index (χ3n) is 8.57. The highest BCUT2D eigenvalue weighted by Crippen LogP contribution is 2.38. The van der Waals surface area contributed by atoms with Crippen LogP contribution in [0.4, 0.5) is 0 Å². The maximum atomic E-state index is 12.2. The van der Waals surface area contributed by atoms with Crippen LogP contribution in [0.25, 0.3) is 0 Å². The van der Waals surface area contributed by atoms with Crippen LogP contribution in [0, 0.1) is 0 Å². The fourth-order valence-electron chi connectivity index (χ4n) is 6.13. The molecule has 4 atom stereocenters. The van der Waals surface area contributed by atoms with Crippen LogP contribution in [0.2, 0.25) is 0 Å². The van der Waals surface area contributed by atoms with Crippen molar-refractivity contribution < 1.29 is 43.0 Å². The van der Waals surface area contributed by atoms with Gasteiger partial charge in [-0.05, 0) is 76.1 Å². The average molecular weight is 741 g/mol. The van der Waals surface area contributed by atoms with E-state index < -0.39 is 35.0 Å². The van der Waals surface area contributed by atoms with E-state index in [1.165, 1.54) is 71.7 Å². The Labute approximate surface area is 297 Å². The summed E-state index contributed by atoms with van der Waals surface area (Å²) in [7, 11) is 3.45. The highest BCUT2D eigenvalue weighted by Gasteiger charge is 2.38. The molecule has 0 saturated carbocycles. The van der Waals surface area contributed by atoms with Crippen LogP contribution in [0.15, 0.2) is 10.8 Å². The molecule has 0 bridgehead atoms. The lowest BCUT2D eigenvalue weighted by Crippen LogP contribution is -2.37. The van der Waals surface area contributed by atoms with Crippen molar-refractivity contribution in [2.45, 2.75) is 75.5 Å². The number of esters is 3. The van der Waals surface area contributed by atoms with Gasteiger partial charge >= 0.3 is 35.0 Å². The van der Waals surface area contributed by atoms with Gasteiger partial charge in [0.25, 0.3) is 0 Å². The second-order valence-corrected chi connectivity index (χ2v) is 13.7. The van der Waals surface area contributed by atoms with E-state index in [-0.39, 0.29) is 12.1 Å². The minimum absolute atomic E-state index is 0.276. The van der Waals surface area contributed by atoms with Gasteiger partial charge in [0.2, 0.25) is 0 Å². The summed E-state index contributed by atoms with van der Waals surface area (Å²) >= 11 is 7.83. The van der Waals surface area contributed by atoms with Crippen molar-refractivity contribution in [3.05, 3.63) is 32.2 Å². The number of aromatic nitrogens is 2. The van der Waals surface area contributed by atoms with Crippen LogP contribution in [0.3, 0.4) is 0 Å². The van der Waals surface area contributed by atoms with Crippen LogP contribution in [-0.2, 0) is 43.0 Å². The quantitative estimate of drug-likeness (QED) is 0.198. The Bertz CT molecular complexity index is 1400. The number of methoxy groups -OCH3 is 3. The Balaban J connectivity index is 0.000000204. The predicted molar refractivity (Wildman–Crippen MR) is 178 cm³/mol. The summed E-state index contributed by atoms with van der Waals surface area (Å²) in [4.78, 5) is 79.4. The number of rotatable bonds is 5. The molecule has 15 nitrogen and oxygen atoms in total. The molecule has 18 heteroatoms. The van der Waals surface area contributed by atoms with E-state index in [9.17, 15) is 28.8 Å². The van der Waals surface area contributed by atoms with Crippen molar-refractivity contribution in [3.8, 4) is 0 Å². The van der Waals surface area contributed by atoms with Gasteiger partial charge in [-0.1, -0.05) is 0 Å². The summed E-state index contributed by atoms with van der Waals surface area (Å²) in [6.07, 6.45) is 8.06. The number of hydrogen-bond donors (Lipinski definition) is 2. The minimum Gasteiger partial charge on any atom is -0.462 e. The van der Waals surface area contributed by atoms with Crippen molar-refractivity contribution in [1.29, 1.82) is 0 Å². The molecule has 4 aliphatic rings. The molecule has 49 heavy (non-hydrogen) atoms. The van der Waals surface area contributed by atoms with Gasteiger partial charge in [0.05, 0.1) is 56.9 Å². The topological polar surface area (TPSA) is 186 Å². The number of halogens is 1. The van der Waals surface area contributed by atoms with Crippen LogP contribution in [0.5, 0.6) is 0 Å². The number of carbonyl (C=O) groups excluding carboxylic acids is 6. The fourth-order valence-corrected chi connectivity index (χ4v) is 8.20. The molecule has 0 radical (unpaired) electrons. The molecule has 6 heterocycles. The molecule has 2 aromatic heterocycles. The van der Waals surface area contributed by atoms with Crippen molar-refractivity contribution in [3.63, 3.8) is 0 Å². The smallest absolute Gasteiger partial charge is 0.396 e. The van der Waals surface area contributed by atoms with Gasteiger partial charge in [0.15, 0.2) is 0 Å². The van der Waals surface area contributed by atoms with E-state index in [0.717, 1.165) is 38.0 Å². The zero-order valence-corrected chi connectivity index (χ0v) is 30.0. The monoisotopic (exact) mass is 740 g/mol. The maximum Gasteiger partial charge on any atom is 0.396 e. The lowest BCUT2D eigenvalue weighted by Gasteiger charge is -2.23. The Hall–Kier alpha value is -3.51. The second kappa shape index (κ2) is 18.5. The lowest BCUT2D eigenvalue weighted by atomic mass is 10.1. The molecule has 0 aliphatic carbocycles. The Morgan fingerprint density at radius 3 is 1.67 bits per heavy atom. The molecule has 2 unspecified atom stereocenters. The largest absolute Gasteiger partial charge is 0.462 e. The predicted octanol–water partition coefficient (Wildman–Crippen LogP) is 2.73. The highest BCUT2D eigenvalue weighted by molar-refractivity contribution is 7.10. The normalized spacial score (nSPS) is 22.8. The Morgan fingerprint density at radius 1 is 0.673 bits per heavy atom. The van der Waals surface area contributed by atoms with E-state index in [0.29, 0.717) is 43.7 Å². The molecule has 4 fully saturated rings. The number of ether oxygens (including phenoxy) is 3. The molecule has 4 saturated heterocycles. The Kier molecular flexibility index (Phi) is 14.4. The van der Waals surface area contributed by atoms with Crippen LogP contribution in [-0.4, -0.2) is 102 Å². The zero-order valence-electron chi connectivity index (χ0n) is 27.6. The molecule has 268 valence electrons. The first-order valence-electron chi connectivity index (χ1n) is 16.0. The molecular formula is C31H41ClN6O9S2. The average Bonchev–Trinajstić information content (AvgIpc) is 3.97. The van der Waals surface area contributed by atoms with Gasteiger partial charge in [-0.25, -0.2) is 24.4 Å². The number of carbonyl (C=O) groups is 6. The summed E-state index contributed by atoms with van der Waals surface area (Å²) in [5.41, 5.74) is 1.96. The molecular weight excluding hydrogens is 700 g/mol. The number of nitrogens with zero attached hydrogens (tertiary/aromatic N) is 4. The Morgan fingerprint density at radius 2 is 1.16 bits per heavy atom. The first kappa shape index (κ1) is 38.3. The van der Waals surface area contributed by atoms with Crippen molar-refractivity contribution in [1.82, 2.24) is 30.4 Å². The summed E-state index contributed by atoms with van der Waals surface area (Å²) in [5.74, 6) is -4.13. The van der Waals surface area contributed by atoms with Crippen LogP contribution in [0.1, 0.15) is 96.9 Å². The number of amides is 2. The SMILES string of the molecule is COC(=O)C(=O)Cl.COC(=O)C(=O)N1CCCC1c1csc([C@@H]2CCCN2C(=O)C(=O)OC)n1.c1sc([C@@H]2CCCN2)nc1C1CCCN1. The van der Waals surface area contributed by atoms with Gasteiger partial charge in [-0.2, -0.15) is 0 Å². The summed E-state index contributed by atoms with van der Waals surface area (Å²) in [5, 5.41) is 12.0. The maximum absolute atomic E-state index is 12.2. The van der Waals surface area contributed by atoms with Gasteiger partial charge in [0.1, 0.15) is 10.0 Å². The number of nitrogens with one attached hydrogen (secondary N) is 2. The summed E-state index contributed by atoms with van der Waals surface area (Å²) in [6, 6.07) is 0.496. The third-order valence-corrected chi connectivity index (χ3v) is 10.7. The van der Waals surface area contributed by atoms with Crippen LogP contribution < -0.4 is 10.6 Å². The highest BCUT2D eigenvalue weighted by atomic mass is 35.5. The number of likely N-dealkylation sites (tertiary alicyclic amines) is 2. The number of thiazole rings is 2. The summed E-state index contributed by atoms with van der Waals surface area (Å²) in [6.45, 7) is 3.26. The second-order valence-electron chi connectivity index (χ2n) is 11.6. The molecule has 4 aliphatic heterocycles. The number of hydrogen-bond acceptors (Lipinski definition) is 15. The van der Waals surface area contributed by atoms with E-state index in [2.05, 4.69) is 46.8 Å². The fraction of sp³-hybridized carbons (Fsp3) is 0.613. The molecule has 0 aromatic carbocycles. The van der Waals surface area contributed by atoms with Crippen molar-refractivity contribution in [2.24, 2.45) is 0 Å². The lowest BCUT2D eigenvalue weighted by molar-refractivity contribution is -0.158. The molecule has 0 spiro atoms. The van der Waals surface area contributed by atoms with Gasteiger partial charge < -0.3 is 34.6 Å². The summed E-state index contributed by atoms with van der Waals surface area (Å²) < 4.78 is 13.0. The van der Waals surface area contributed by atoms with Crippen molar-refractivity contribution in [2.75, 3.05) is 47.5 Å². The molecule has 6 rings (SSSR count). The van der Waals surface area contributed by atoms with Gasteiger partial charge in [0, 0.05) is 23.8 Å². The van der Waals surface area contributed by atoms with Crippen LogP contribution >= 0.6 is 34.3 Å². The zero-order chi connectivity index (χ0) is 35.5. The first-order valence-corrected chi connectivity index (χ1v) is 18.2. The third kappa shape index (κ3) is 9.81. The molecule has 2 aromatic rings. The standard InChI is InChI=1S/C17H21N3O6S.C11H17N3S.C3H3ClO3/c1-25-16(23)14(21)19-7-3-5-11(19)10-9-27-13(18-10)12-6-4-8-20(12)15(22)17(24)26-2;1-3-8(12-5-1)10-7-15-11(14-10)9-4-2-6-13-9;1-7-3(6)2(4)5/h9,11-12H,3-8H2,1-2H3;7-9,12-13H,1-6H2;1H3/t11?,12-;8?,9-;/m00./s1. The van der Waals surface area contributed by atoms with Gasteiger partial charge in [-0.15, -0.1) is 22.7 Å². The minimum atomic E-state index is -1.09. The van der Waals surface area contributed by atoms with E-state index in [1.807, 2.05) is 16.7 Å². The molecule has 2 amide bonds. The van der Waals surface area contributed by atoms with Crippen molar-refractivity contribution >= 4 is 69.2 Å². The van der Waals surface area contributed by atoms with E-state index in [1.54, 1.807) is 0 Å². The first-order chi connectivity index (χ1) is 23.6. The van der Waals surface area contributed by atoms with E-state index >= 15 is 0 Å². The van der Waals surface area contributed by atoms with Gasteiger partial charge in [-0.3, -0.25) is 14.4 Å². The molecule has 2 N–H and O–H groups in total.